The fourth-order valence-electron chi connectivity index (χ4n) is 2.37. The predicted molar refractivity (Wildman–Crippen MR) is 105 cm³/mol. The van der Waals surface area contributed by atoms with E-state index in [9.17, 15) is 4.79 Å². The molecule has 0 saturated carbocycles. The number of methoxy groups -OCH3 is 1. The maximum absolute atomic E-state index is 11.3. The van der Waals surface area contributed by atoms with E-state index in [1.54, 1.807) is 4.68 Å². The molecule has 9 heteroatoms. The van der Waals surface area contributed by atoms with Gasteiger partial charge in [0.05, 0.1) is 25.8 Å². The summed E-state index contributed by atoms with van der Waals surface area (Å²) in [5, 5.41) is 15.9. The topological polar surface area (TPSA) is 81.9 Å². The number of hydrogen-bond acceptors (Lipinski definition) is 7. The first kappa shape index (κ1) is 19.2. The van der Waals surface area contributed by atoms with E-state index < -0.39 is 0 Å². The molecule has 7 nitrogen and oxygen atoms in total. The number of para-hydroxylation sites is 1. The molecule has 0 aliphatic carbocycles. The number of hydrogen-bond donors (Lipinski definition) is 1. The highest BCUT2D eigenvalue weighted by Crippen LogP contribution is 2.31. The van der Waals surface area contributed by atoms with Gasteiger partial charge in [-0.15, -0.1) is 16.9 Å². The summed E-state index contributed by atoms with van der Waals surface area (Å²) in [6.45, 7) is 0.439. The summed E-state index contributed by atoms with van der Waals surface area (Å²) in [6.07, 6.45) is 0.333. The van der Waals surface area contributed by atoms with Crippen LogP contribution in [0.3, 0.4) is 0 Å². The van der Waals surface area contributed by atoms with Gasteiger partial charge in [0.25, 0.3) is 0 Å². The van der Waals surface area contributed by atoms with Crippen molar-refractivity contribution in [3.05, 3.63) is 59.4 Å². The van der Waals surface area contributed by atoms with Gasteiger partial charge in [0, 0.05) is 21.4 Å². The highest BCUT2D eigenvalue weighted by Gasteiger charge is 2.10. The van der Waals surface area contributed by atoms with E-state index in [0.717, 1.165) is 16.3 Å². The summed E-state index contributed by atoms with van der Waals surface area (Å²) >= 11 is 7.66. The lowest BCUT2D eigenvalue weighted by Crippen LogP contribution is -2.09. The first-order chi connectivity index (χ1) is 13.2. The monoisotopic (exact) mass is 403 g/mol. The molecule has 2 aromatic carbocycles. The highest BCUT2D eigenvalue weighted by molar-refractivity contribution is 7.99. The Bertz CT molecular complexity index is 904. The number of nitrogens with one attached hydrogen (secondary N) is 1. The van der Waals surface area contributed by atoms with E-state index in [2.05, 4.69) is 25.6 Å². The molecule has 0 fully saturated rings. The van der Waals surface area contributed by atoms with Crippen molar-refractivity contribution in [1.82, 2.24) is 20.2 Å². The molecule has 27 heavy (non-hydrogen) atoms. The summed E-state index contributed by atoms with van der Waals surface area (Å²) in [5.41, 5.74) is 1.79. The van der Waals surface area contributed by atoms with Crippen LogP contribution < -0.4 is 5.32 Å². The fraction of sp³-hybridized carbons (Fsp3) is 0.222. The normalized spacial score (nSPS) is 10.6. The first-order valence-electron chi connectivity index (χ1n) is 8.23. The van der Waals surface area contributed by atoms with E-state index in [0.29, 0.717) is 29.6 Å². The smallest absolute Gasteiger partial charge is 0.306 e. The number of tetrazole rings is 1. The number of nitrogens with zero attached hydrogens (tertiary/aromatic N) is 4. The Morgan fingerprint density at radius 2 is 2.07 bits per heavy atom. The van der Waals surface area contributed by atoms with E-state index in [1.165, 1.54) is 18.9 Å². The number of carbonyl (C=O) groups excluding carboxylic acids is 1. The third-order valence-corrected chi connectivity index (χ3v) is 5.00. The zero-order valence-electron chi connectivity index (χ0n) is 14.6. The Morgan fingerprint density at radius 3 is 2.85 bits per heavy atom. The maximum Gasteiger partial charge on any atom is 0.306 e. The number of halogens is 1. The number of anilines is 1. The average molecular weight is 404 g/mol. The van der Waals surface area contributed by atoms with Crippen molar-refractivity contribution in [1.29, 1.82) is 0 Å². The zero-order chi connectivity index (χ0) is 19.1. The van der Waals surface area contributed by atoms with Crippen LogP contribution in [0.15, 0.2) is 53.4 Å². The van der Waals surface area contributed by atoms with Crippen molar-refractivity contribution in [2.45, 2.75) is 17.9 Å². The van der Waals surface area contributed by atoms with Crippen LogP contribution in [0.25, 0.3) is 5.69 Å². The number of ether oxygens (including phenoxy) is 1. The molecule has 0 aliphatic rings. The highest BCUT2D eigenvalue weighted by atomic mass is 35.5. The molecule has 1 aromatic heterocycles. The maximum atomic E-state index is 11.3. The van der Waals surface area contributed by atoms with Crippen molar-refractivity contribution in [3.8, 4) is 5.69 Å². The lowest BCUT2D eigenvalue weighted by Gasteiger charge is -2.12. The van der Waals surface area contributed by atoms with E-state index in [-0.39, 0.29) is 5.97 Å². The summed E-state index contributed by atoms with van der Waals surface area (Å²) < 4.78 is 6.36. The Labute approximate surface area is 166 Å². The lowest BCUT2D eigenvalue weighted by molar-refractivity contribution is -0.140. The van der Waals surface area contributed by atoms with Gasteiger partial charge in [-0.05, 0) is 40.8 Å². The van der Waals surface area contributed by atoms with Gasteiger partial charge in [0.1, 0.15) is 0 Å². The largest absolute Gasteiger partial charge is 0.469 e. The first-order valence-corrected chi connectivity index (χ1v) is 9.59. The molecule has 0 atom stereocenters. The SMILES string of the molecule is COC(=O)CCSc1cc(Cl)ccc1NCc1nnnn1-c1ccccc1. The quantitative estimate of drug-likeness (QED) is 0.454. The Kier molecular flexibility index (Phi) is 6.67. The van der Waals surface area contributed by atoms with Gasteiger partial charge in [-0.1, -0.05) is 29.8 Å². The third-order valence-electron chi connectivity index (χ3n) is 3.71. The summed E-state index contributed by atoms with van der Waals surface area (Å²) in [6, 6.07) is 15.3. The summed E-state index contributed by atoms with van der Waals surface area (Å²) in [7, 11) is 1.39. The summed E-state index contributed by atoms with van der Waals surface area (Å²) in [4.78, 5) is 12.3. The third kappa shape index (κ3) is 5.21. The van der Waals surface area contributed by atoms with Crippen LogP contribution in [0.4, 0.5) is 5.69 Å². The van der Waals surface area contributed by atoms with Gasteiger partial charge in [0.2, 0.25) is 0 Å². The minimum atomic E-state index is -0.235. The van der Waals surface area contributed by atoms with Gasteiger partial charge in [-0.2, -0.15) is 4.68 Å². The molecular weight excluding hydrogens is 386 g/mol. The van der Waals surface area contributed by atoms with Gasteiger partial charge < -0.3 is 10.1 Å². The van der Waals surface area contributed by atoms with E-state index in [4.69, 9.17) is 11.6 Å². The minimum absolute atomic E-state index is 0.235. The van der Waals surface area contributed by atoms with Crippen molar-refractivity contribution < 1.29 is 9.53 Å². The van der Waals surface area contributed by atoms with Crippen LogP contribution in [0, 0.1) is 0 Å². The number of benzene rings is 2. The molecular formula is C18H18ClN5O2S. The Hall–Kier alpha value is -2.58. The number of carbonyl (C=O) groups is 1. The molecule has 3 rings (SSSR count). The molecule has 0 amide bonds. The van der Waals surface area contributed by atoms with Gasteiger partial charge >= 0.3 is 5.97 Å². The number of rotatable bonds is 8. The van der Waals surface area contributed by atoms with Crippen LogP contribution in [0.1, 0.15) is 12.2 Å². The van der Waals surface area contributed by atoms with Gasteiger partial charge in [-0.25, -0.2) is 0 Å². The molecule has 140 valence electrons. The van der Waals surface area contributed by atoms with Gasteiger partial charge in [0.15, 0.2) is 5.82 Å². The number of thioether (sulfide) groups is 1. The van der Waals surface area contributed by atoms with Gasteiger partial charge in [-0.3, -0.25) is 4.79 Å². The standard InChI is InChI=1S/C18H18ClN5O2S/c1-26-18(25)9-10-27-16-11-13(19)7-8-15(16)20-12-17-21-22-23-24(17)14-5-3-2-4-6-14/h2-8,11,20H,9-10,12H2,1H3. The number of esters is 1. The van der Waals surface area contributed by atoms with Crippen LogP contribution >= 0.6 is 23.4 Å². The zero-order valence-corrected chi connectivity index (χ0v) is 16.2. The molecule has 1 heterocycles. The van der Waals surface area contributed by atoms with Crippen molar-refractivity contribution in [2.75, 3.05) is 18.2 Å². The second-order valence-electron chi connectivity index (χ2n) is 5.51. The molecule has 3 aromatic rings. The Balaban J connectivity index is 1.70. The van der Waals surface area contributed by atoms with E-state index in [1.807, 2.05) is 48.5 Å². The molecule has 1 N–H and O–H groups in total. The second-order valence-corrected chi connectivity index (χ2v) is 7.08. The average Bonchev–Trinajstić information content (AvgIpc) is 3.16. The van der Waals surface area contributed by atoms with Crippen molar-refractivity contribution in [3.63, 3.8) is 0 Å². The molecule has 0 spiro atoms. The van der Waals surface area contributed by atoms with Crippen molar-refractivity contribution in [2.24, 2.45) is 0 Å². The molecule has 0 aliphatic heterocycles. The Morgan fingerprint density at radius 1 is 1.26 bits per heavy atom. The second kappa shape index (κ2) is 9.38. The van der Waals surface area contributed by atoms with Crippen LogP contribution in [-0.2, 0) is 16.1 Å². The predicted octanol–water partition coefficient (Wildman–Crippen LogP) is 3.58. The van der Waals surface area contributed by atoms with Crippen LogP contribution in [0.5, 0.6) is 0 Å². The summed E-state index contributed by atoms with van der Waals surface area (Å²) in [5.74, 6) is 1.05. The minimum Gasteiger partial charge on any atom is -0.469 e. The molecule has 0 unspecified atom stereocenters. The van der Waals surface area contributed by atoms with E-state index >= 15 is 0 Å². The van der Waals surface area contributed by atoms with Crippen LogP contribution in [0.2, 0.25) is 5.02 Å². The lowest BCUT2D eigenvalue weighted by atomic mass is 10.3. The van der Waals surface area contributed by atoms with Crippen molar-refractivity contribution >= 4 is 35.0 Å². The fourth-order valence-corrected chi connectivity index (χ4v) is 3.60. The van der Waals surface area contributed by atoms with Crippen LogP contribution in [-0.4, -0.2) is 39.0 Å². The molecule has 0 radical (unpaired) electrons. The molecule has 0 saturated heterocycles. The number of aromatic nitrogens is 4. The molecule has 0 bridgehead atoms.